The predicted molar refractivity (Wildman–Crippen MR) is 101 cm³/mol. The van der Waals surface area contributed by atoms with Crippen molar-refractivity contribution in [2.45, 2.75) is 13.8 Å². The van der Waals surface area contributed by atoms with Crippen LogP contribution in [-0.2, 0) is 9.59 Å². The van der Waals surface area contributed by atoms with Gasteiger partial charge in [0.25, 0.3) is 5.91 Å². The standard InChI is InChI=1S/C20H18N2O5/c1-12(19(25)21-15-9-7-14(8-10-15)13(2)23)11-18(24)22-17-6-4-3-5-16(17)20(26)27/h3-11H,1-2H3,(H,21,25)(H,22,24)(H,26,27)/b12-11-. The van der Waals surface area contributed by atoms with Gasteiger partial charge in [0.1, 0.15) is 0 Å². The zero-order chi connectivity index (χ0) is 20.0. The summed E-state index contributed by atoms with van der Waals surface area (Å²) in [5.74, 6) is -2.36. The monoisotopic (exact) mass is 366 g/mol. The van der Waals surface area contributed by atoms with Crippen LogP contribution < -0.4 is 10.6 Å². The Labute approximate surface area is 155 Å². The summed E-state index contributed by atoms with van der Waals surface area (Å²) in [7, 11) is 0. The topological polar surface area (TPSA) is 113 Å². The second-order valence-corrected chi connectivity index (χ2v) is 5.75. The molecular weight excluding hydrogens is 348 g/mol. The van der Waals surface area contributed by atoms with Gasteiger partial charge in [0.15, 0.2) is 5.78 Å². The first-order valence-electron chi connectivity index (χ1n) is 8.02. The summed E-state index contributed by atoms with van der Waals surface area (Å²) >= 11 is 0. The number of benzene rings is 2. The van der Waals surface area contributed by atoms with Crippen LogP contribution in [0.5, 0.6) is 0 Å². The molecule has 2 aromatic carbocycles. The first-order chi connectivity index (χ1) is 12.8. The van der Waals surface area contributed by atoms with Gasteiger partial charge in [-0.3, -0.25) is 14.4 Å². The van der Waals surface area contributed by atoms with E-state index in [4.69, 9.17) is 5.11 Å². The van der Waals surface area contributed by atoms with E-state index in [1.165, 1.54) is 26.0 Å². The maximum absolute atomic E-state index is 12.2. The Morgan fingerprint density at radius 3 is 2.11 bits per heavy atom. The quantitative estimate of drug-likeness (QED) is 0.537. The molecule has 0 spiro atoms. The number of anilines is 2. The third kappa shape index (κ3) is 5.37. The molecule has 0 bridgehead atoms. The number of carboxylic acids is 1. The smallest absolute Gasteiger partial charge is 0.337 e. The van der Waals surface area contributed by atoms with Crippen LogP contribution in [0.4, 0.5) is 11.4 Å². The molecular formula is C20H18N2O5. The Hall–Kier alpha value is -3.74. The van der Waals surface area contributed by atoms with Gasteiger partial charge in [0, 0.05) is 22.9 Å². The molecule has 0 saturated heterocycles. The Bertz CT molecular complexity index is 930. The highest BCUT2D eigenvalue weighted by atomic mass is 16.4. The molecule has 2 amide bonds. The minimum Gasteiger partial charge on any atom is -0.478 e. The number of hydrogen-bond acceptors (Lipinski definition) is 4. The lowest BCUT2D eigenvalue weighted by Crippen LogP contribution is -2.17. The number of carboxylic acid groups (broad SMARTS) is 1. The fourth-order valence-corrected chi connectivity index (χ4v) is 2.23. The number of hydrogen-bond donors (Lipinski definition) is 3. The zero-order valence-corrected chi connectivity index (χ0v) is 14.8. The van der Waals surface area contributed by atoms with Gasteiger partial charge in [-0.25, -0.2) is 4.79 Å². The van der Waals surface area contributed by atoms with Gasteiger partial charge in [-0.05, 0) is 50.2 Å². The Morgan fingerprint density at radius 2 is 1.52 bits per heavy atom. The van der Waals surface area contributed by atoms with Crippen LogP contribution in [0.15, 0.2) is 60.2 Å². The maximum atomic E-state index is 12.2. The minimum absolute atomic E-state index is 0.0492. The van der Waals surface area contributed by atoms with E-state index >= 15 is 0 Å². The van der Waals surface area contributed by atoms with Crippen molar-refractivity contribution in [2.75, 3.05) is 10.6 Å². The molecule has 0 saturated carbocycles. The van der Waals surface area contributed by atoms with E-state index in [2.05, 4.69) is 10.6 Å². The Morgan fingerprint density at radius 1 is 0.889 bits per heavy atom. The Kier molecular flexibility index (Phi) is 6.22. The molecule has 138 valence electrons. The molecule has 0 unspecified atom stereocenters. The lowest BCUT2D eigenvalue weighted by Gasteiger charge is -2.08. The number of ketones is 1. The number of aromatic carboxylic acids is 1. The molecule has 7 heteroatoms. The number of carbonyl (C=O) groups excluding carboxylic acids is 3. The first kappa shape index (κ1) is 19.6. The van der Waals surface area contributed by atoms with Crippen LogP contribution in [0.25, 0.3) is 0 Å². The normalized spacial score (nSPS) is 10.8. The predicted octanol–water partition coefficient (Wildman–Crippen LogP) is 3.11. The van der Waals surface area contributed by atoms with Gasteiger partial charge in [0.05, 0.1) is 11.3 Å². The summed E-state index contributed by atoms with van der Waals surface area (Å²) in [5.41, 5.74) is 1.23. The van der Waals surface area contributed by atoms with E-state index < -0.39 is 17.8 Å². The summed E-state index contributed by atoms with van der Waals surface area (Å²) in [5, 5.41) is 14.2. The molecule has 0 aromatic heterocycles. The second kappa shape index (κ2) is 8.57. The fourth-order valence-electron chi connectivity index (χ4n) is 2.23. The number of carbonyl (C=O) groups is 4. The fraction of sp³-hybridized carbons (Fsp3) is 0.100. The van der Waals surface area contributed by atoms with E-state index in [0.29, 0.717) is 11.3 Å². The van der Waals surface area contributed by atoms with Crippen LogP contribution in [0, 0.1) is 0 Å². The number of rotatable bonds is 6. The highest BCUT2D eigenvalue weighted by Gasteiger charge is 2.12. The molecule has 0 aliphatic rings. The van der Waals surface area contributed by atoms with Crippen molar-refractivity contribution in [1.82, 2.24) is 0 Å². The van der Waals surface area contributed by atoms with Crippen LogP contribution >= 0.6 is 0 Å². The highest BCUT2D eigenvalue weighted by Crippen LogP contribution is 2.15. The summed E-state index contributed by atoms with van der Waals surface area (Å²) in [6.07, 6.45) is 1.08. The number of amides is 2. The minimum atomic E-state index is -1.17. The van der Waals surface area contributed by atoms with Crippen molar-refractivity contribution in [3.05, 3.63) is 71.3 Å². The molecule has 3 N–H and O–H groups in total. The first-order valence-corrected chi connectivity index (χ1v) is 8.02. The lowest BCUT2D eigenvalue weighted by molar-refractivity contribution is -0.114. The van der Waals surface area contributed by atoms with E-state index in [-0.39, 0.29) is 22.6 Å². The molecule has 0 fully saturated rings. The highest BCUT2D eigenvalue weighted by molar-refractivity contribution is 6.11. The number of nitrogens with one attached hydrogen (secondary N) is 2. The second-order valence-electron chi connectivity index (χ2n) is 5.75. The van der Waals surface area contributed by atoms with Gasteiger partial charge in [-0.1, -0.05) is 12.1 Å². The van der Waals surface area contributed by atoms with Gasteiger partial charge in [0.2, 0.25) is 5.91 Å². The van der Waals surface area contributed by atoms with Gasteiger partial charge < -0.3 is 15.7 Å². The molecule has 2 rings (SSSR count). The maximum Gasteiger partial charge on any atom is 0.337 e. The summed E-state index contributed by atoms with van der Waals surface area (Å²) < 4.78 is 0. The average molecular weight is 366 g/mol. The molecule has 2 aromatic rings. The van der Waals surface area contributed by atoms with Gasteiger partial charge in [-0.15, -0.1) is 0 Å². The number of Topliss-reactive ketones (excluding diaryl/α,β-unsaturated/α-hetero) is 1. The van der Waals surface area contributed by atoms with E-state index in [0.717, 1.165) is 6.08 Å². The van der Waals surface area contributed by atoms with Crippen molar-refractivity contribution in [3.63, 3.8) is 0 Å². The van der Waals surface area contributed by atoms with Crippen LogP contribution in [0.2, 0.25) is 0 Å². The SMILES string of the molecule is CC(=O)c1ccc(NC(=O)/C(C)=C\C(=O)Nc2ccccc2C(=O)O)cc1. The van der Waals surface area contributed by atoms with Gasteiger partial charge in [-0.2, -0.15) is 0 Å². The molecule has 7 nitrogen and oxygen atoms in total. The van der Waals surface area contributed by atoms with Crippen molar-refractivity contribution in [2.24, 2.45) is 0 Å². The third-order valence-corrected chi connectivity index (χ3v) is 3.67. The molecule has 27 heavy (non-hydrogen) atoms. The molecule has 0 atom stereocenters. The lowest BCUT2D eigenvalue weighted by atomic mass is 10.1. The van der Waals surface area contributed by atoms with Crippen LogP contribution in [0.3, 0.4) is 0 Å². The average Bonchev–Trinajstić information content (AvgIpc) is 2.62. The summed E-state index contributed by atoms with van der Waals surface area (Å²) in [6, 6.07) is 12.3. The number of para-hydroxylation sites is 1. The molecule has 0 aliphatic carbocycles. The van der Waals surface area contributed by atoms with Crippen molar-refractivity contribution in [3.8, 4) is 0 Å². The molecule has 0 heterocycles. The third-order valence-electron chi connectivity index (χ3n) is 3.67. The van der Waals surface area contributed by atoms with E-state index in [9.17, 15) is 19.2 Å². The summed E-state index contributed by atoms with van der Waals surface area (Å²) in [6.45, 7) is 2.91. The van der Waals surface area contributed by atoms with E-state index in [1.807, 2.05) is 0 Å². The summed E-state index contributed by atoms with van der Waals surface area (Å²) in [4.78, 5) is 46.6. The van der Waals surface area contributed by atoms with Gasteiger partial charge >= 0.3 is 5.97 Å². The van der Waals surface area contributed by atoms with E-state index in [1.54, 1.807) is 36.4 Å². The molecule has 0 radical (unpaired) electrons. The zero-order valence-electron chi connectivity index (χ0n) is 14.8. The van der Waals surface area contributed by atoms with Crippen LogP contribution in [-0.4, -0.2) is 28.7 Å². The largest absolute Gasteiger partial charge is 0.478 e. The van der Waals surface area contributed by atoms with Crippen molar-refractivity contribution in [1.29, 1.82) is 0 Å². The Balaban J connectivity index is 2.05. The van der Waals surface area contributed by atoms with Crippen molar-refractivity contribution < 1.29 is 24.3 Å². The van der Waals surface area contributed by atoms with Crippen molar-refractivity contribution >= 4 is 34.9 Å². The molecule has 0 aliphatic heterocycles. The van der Waals surface area contributed by atoms with Crippen LogP contribution in [0.1, 0.15) is 34.6 Å².